The zero-order chi connectivity index (χ0) is 26.1. The van der Waals surface area contributed by atoms with Gasteiger partial charge in [-0.3, -0.25) is 0 Å². The summed E-state index contributed by atoms with van der Waals surface area (Å²) >= 11 is 0. The highest BCUT2D eigenvalue weighted by atomic mass is 16.3. The predicted molar refractivity (Wildman–Crippen MR) is 166 cm³/mol. The van der Waals surface area contributed by atoms with Gasteiger partial charge in [-0.2, -0.15) is 0 Å². The van der Waals surface area contributed by atoms with Gasteiger partial charge >= 0.3 is 0 Å². The molecule has 188 valence electrons. The van der Waals surface area contributed by atoms with Crippen molar-refractivity contribution < 1.29 is 4.42 Å². The average molecular weight is 519 g/mol. The van der Waals surface area contributed by atoms with E-state index >= 15 is 0 Å². The average Bonchev–Trinajstić information content (AvgIpc) is 3.78. The first kappa shape index (κ1) is 20.1. The Morgan fingerprint density at radius 2 is 0.902 bits per heavy atom. The lowest BCUT2D eigenvalue weighted by atomic mass is 9.80. The fourth-order valence-electron chi connectivity index (χ4n) is 9.29. The fourth-order valence-corrected chi connectivity index (χ4v) is 9.29. The van der Waals surface area contributed by atoms with Gasteiger partial charge in [0.25, 0.3) is 0 Å². The SMILES string of the molecule is c1ccc2c(c1)oc1ccc(-c3cc4c5c6c3Cc3ccc7c(c3-6)-c3c(ccc6c3-c3c(ccc(c3-5)C4)C6)C7)cc12. The van der Waals surface area contributed by atoms with Gasteiger partial charge in [0, 0.05) is 10.8 Å². The van der Waals surface area contributed by atoms with Gasteiger partial charge in [-0.05, 0) is 150 Å². The molecule has 1 heteroatoms. The Balaban J connectivity index is 1.25. The van der Waals surface area contributed by atoms with Crippen molar-refractivity contribution in [3.63, 3.8) is 0 Å². The van der Waals surface area contributed by atoms with E-state index in [1.807, 2.05) is 0 Å². The minimum absolute atomic E-state index is 0.960. The van der Waals surface area contributed by atoms with Crippen LogP contribution < -0.4 is 0 Å². The smallest absolute Gasteiger partial charge is 0.135 e. The molecule has 5 aliphatic rings. The first-order chi connectivity index (χ1) is 20.3. The molecule has 0 bridgehead atoms. The normalized spacial score (nSPS) is 14.9. The van der Waals surface area contributed by atoms with Crippen molar-refractivity contribution >= 4 is 21.9 Å². The summed E-state index contributed by atoms with van der Waals surface area (Å²) in [4.78, 5) is 0. The maximum atomic E-state index is 6.21. The van der Waals surface area contributed by atoms with Gasteiger partial charge in [0.1, 0.15) is 11.2 Å². The first-order valence-corrected chi connectivity index (χ1v) is 14.9. The highest BCUT2D eigenvalue weighted by molar-refractivity contribution is 6.15. The highest BCUT2D eigenvalue weighted by Crippen LogP contribution is 2.63. The minimum atomic E-state index is 0.960. The van der Waals surface area contributed by atoms with Crippen molar-refractivity contribution in [1.29, 1.82) is 0 Å². The van der Waals surface area contributed by atoms with E-state index < -0.39 is 0 Å². The lowest BCUT2D eigenvalue weighted by molar-refractivity contribution is 0.669. The van der Waals surface area contributed by atoms with Crippen LogP contribution in [0, 0.1) is 0 Å². The van der Waals surface area contributed by atoms with Gasteiger partial charge in [-0.15, -0.1) is 0 Å². The molecule has 0 fully saturated rings. The maximum absolute atomic E-state index is 6.21. The van der Waals surface area contributed by atoms with E-state index in [9.17, 15) is 0 Å². The van der Waals surface area contributed by atoms with Crippen molar-refractivity contribution in [2.45, 2.75) is 25.7 Å². The summed E-state index contributed by atoms with van der Waals surface area (Å²) in [6.07, 6.45) is 4.13. The molecule has 0 radical (unpaired) electrons. The predicted octanol–water partition coefficient (Wildman–Crippen LogP) is 9.85. The van der Waals surface area contributed by atoms with Crippen LogP contribution >= 0.6 is 0 Å². The number of furan rings is 1. The van der Waals surface area contributed by atoms with E-state index in [-0.39, 0.29) is 0 Å². The third kappa shape index (κ3) is 2.14. The molecular weight excluding hydrogens is 496 g/mol. The van der Waals surface area contributed by atoms with E-state index in [4.69, 9.17) is 4.42 Å². The van der Waals surface area contributed by atoms with E-state index in [0.717, 1.165) is 36.8 Å². The van der Waals surface area contributed by atoms with Crippen LogP contribution in [0.25, 0.3) is 77.6 Å². The molecule has 12 rings (SSSR count). The van der Waals surface area contributed by atoms with Crippen molar-refractivity contribution in [3.8, 4) is 55.6 Å². The van der Waals surface area contributed by atoms with E-state index in [2.05, 4.69) is 84.9 Å². The Hall–Kier alpha value is -4.88. The molecule has 0 spiro atoms. The molecule has 41 heavy (non-hydrogen) atoms. The van der Waals surface area contributed by atoms with Gasteiger partial charge in [-0.25, -0.2) is 0 Å². The van der Waals surface area contributed by atoms with Crippen molar-refractivity contribution in [2.75, 3.05) is 0 Å². The highest BCUT2D eigenvalue weighted by Gasteiger charge is 2.42. The van der Waals surface area contributed by atoms with Crippen LogP contribution in [-0.4, -0.2) is 0 Å². The van der Waals surface area contributed by atoms with Crippen molar-refractivity contribution in [1.82, 2.24) is 0 Å². The van der Waals surface area contributed by atoms with Gasteiger partial charge in [0.2, 0.25) is 0 Å². The summed E-state index contributed by atoms with van der Waals surface area (Å²) in [5, 5.41) is 2.40. The third-order valence-corrected chi connectivity index (χ3v) is 10.8. The lowest BCUT2D eigenvalue weighted by Gasteiger charge is -2.23. The van der Waals surface area contributed by atoms with Crippen molar-refractivity contribution in [2.24, 2.45) is 0 Å². The van der Waals surface area contributed by atoms with Crippen LogP contribution in [-0.2, 0) is 25.7 Å². The first-order valence-electron chi connectivity index (χ1n) is 14.9. The second-order valence-electron chi connectivity index (χ2n) is 12.7. The Morgan fingerprint density at radius 3 is 1.56 bits per heavy atom. The summed E-state index contributed by atoms with van der Waals surface area (Å²) < 4.78 is 6.21. The van der Waals surface area contributed by atoms with Crippen LogP contribution in [0.3, 0.4) is 0 Å². The van der Waals surface area contributed by atoms with Gasteiger partial charge in [-0.1, -0.05) is 60.7 Å². The number of benzene rings is 6. The van der Waals surface area contributed by atoms with Crippen molar-refractivity contribution in [3.05, 3.63) is 129 Å². The fraction of sp³-hybridized carbons (Fsp3) is 0.100. The number of para-hydroxylation sites is 1. The second-order valence-corrected chi connectivity index (χ2v) is 12.7. The summed E-state index contributed by atoms with van der Waals surface area (Å²) in [6.45, 7) is 0. The molecule has 0 amide bonds. The van der Waals surface area contributed by atoms with Gasteiger partial charge < -0.3 is 4.42 Å². The van der Waals surface area contributed by atoms with E-state index in [0.29, 0.717) is 0 Å². The molecule has 5 aliphatic carbocycles. The van der Waals surface area contributed by atoms with Crippen LogP contribution in [0.15, 0.2) is 89.3 Å². The number of hydrogen-bond donors (Lipinski definition) is 0. The van der Waals surface area contributed by atoms with Crippen LogP contribution in [0.4, 0.5) is 0 Å². The monoisotopic (exact) mass is 518 g/mol. The summed E-state index contributed by atoms with van der Waals surface area (Å²) in [5.74, 6) is 0. The molecule has 0 N–H and O–H groups in total. The molecule has 0 aliphatic heterocycles. The summed E-state index contributed by atoms with van der Waals surface area (Å²) in [5.41, 5.74) is 29.0. The van der Waals surface area contributed by atoms with Crippen LogP contribution in [0.1, 0.15) is 44.5 Å². The lowest BCUT2D eigenvalue weighted by Crippen LogP contribution is -1.98. The second kappa shape index (κ2) is 6.37. The molecule has 0 unspecified atom stereocenters. The minimum Gasteiger partial charge on any atom is -0.456 e. The number of hydrogen-bond acceptors (Lipinski definition) is 1. The molecule has 1 heterocycles. The third-order valence-electron chi connectivity index (χ3n) is 10.8. The van der Waals surface area contributed by atoms with Gasteiger partial charge in [0.15, 0.2) is 0 Å². The Bertz CT molecular complexity index is 2470. The van der Waals surface area contributed by atoms with Crippen LogP contribution in [0.2, 0.25) is 0 Å². The largest absolute Gasteiger partial charge is 0.456 e. The Labute approximate surface area is 236 Å². The van der Waals surface area contributed by atoms with Crippen LogP contribution in [0.5, 0.6) is 0 Å². The molecule has 1 nitrogen and oxygen atoms in total. The van der Waals surface area contributed by atoms with E-state index in [1.165, 1.54) is 83.1 Å². The zero-order valence-electron chi connectivity index (χ0n) is 22.3. The molecule has 0 saturated heterocycles. The van der Waals surface area contributed by atoms with E-state index in [1.54, 1.807) is 27.8 Å². The summed E-state index contributed by atoms with van der Waals surface area (Å²) in [6, 6.07) is 32.4. The molecule has 1 aromatic heterocycles. The molecule has 0 saturated carbocycles. The molecular formula is C40H22O. The summed E-state index contributed by atoms with van der Waals surface area (Å²) in [7, 11) is 0. The maximum Gasteiger partial charge on any atom is 0.135 e. The zero-order valence-corrected chi connectivity index (χ0v) is 22.3. The van der Waals surface area contributed by atoms with Gasteiger partial charge in [0.05, 0.1) is 0 Å². The molecule has 7 aromatic rings. The number of fused-ring (bicyclic) bond motifs is 3. The molecule has 0 atom stereocenters. The standard InChI is InChI=1S/C40H22O/c1-2-4-31-27(3-1)29-16-19(11-12-32(29)41-31)28-18-26-15-24-8-7-22-13-20-5-6-21-14-23-9-10-25-17-30(28)40-38(25)36(23)34(21)33(20)35(22)37(24)39(26)40/h1-12,16,18H,13-15,17H2. The Kier molecular flexibility index (Phi) is 3.12. The Morgan fingerprint density at radius 1 is 0.390 bits per heavy atom. The quantitative estimate of drug-likeness (QED) is 0.211. The topological polar surface area (TPSA) is 13.1 Å². The number of rotatable bonds is 1. The molecule has 6 aromatic carbocycles.